The summed E-state index contributed by atoms with van der Waals surface area (Å²) in [5.41, 5.74) is 6.75. The number of nitrogens with zero attached hydrogens (tertiary/aromatic N) is 3. The van der Waals surface area contributed by atoms with Gasteiger partial charge in [0, 0.05) is 44.2 Å². The number of carbonyl (C=O) groups is 15. The molecule has 16 N–H and O–H groups in total. The summed E-state index contributed by atoms with van der Waals surface area (Å²) in [6.45, 7) is 17.8. The fraction of sp³-hybridized carbons (Fsp3) is 0.642. The third-order valence-electron chi connectivity index (χ3n) is 17.3. The van der Waals surface area contributed by atoms with E-state index in [1.54, 1.807) is 99.6 Å². The van der Waals surface area contributed by atoms with Crippen molar-refractivity contribution in [2.45, 2.75) is 226 Å². The average Bonchev–Trinajstić information content (AvgIpc) is 1.55. The number of rotatable bonds is 40. The highest BCUT2D eigenvalue weighted by Gasteiger charge is 2.44. The summed E-state index contributed by atoms with van der Waals surface area (Å²) in [4.78, 5) is 213. The van der Waals surface area contributed by atoms with E-state index in [0.29, 0.717) is 24.1 Å². The van der Waals surface area contributed by atoms with Crippen molar-refractivity contribution in [2.75, 3.05) is 19.6 Å². The number of hydrogen-bond acceptors (Lipinski definition) is 17. The summed E-state index contributed by atoms with van der Waals surface area (Å²) in [5, 5.41) is 54.3. The molecular weight excluding hydrogens is 1300 g/mol. The van der Waals surface area contributed by atoms with Gasteiger partial charge in [0.15, 0.2) is 0 Å². The molecule has 12 amide bonds. The van der Waals surface area contributed by atoms with Crippen LogP contribution in [-0.4, -0.2) is 216 Å². The molecule has 33 nitrogen and oxygen atoms in total. The van der Waals surface area contributed by atoms with E-state index in [1.165, 1.54) is 24.3 Å². The first kappa shape index (κ1) is 82.9. The molecule has 2 fully saturated rings. The number of carboxylic acid groups (broad SMARTS) is 3. The minimum absolute atomic E-state index is 0.0409. The number of likely N-dealkylation sites (tertiary alicyclic amines) is 2. The van der Waals surface area contributed by atoms with E-state index in [0.717, 1.165) is 4.90 Å². The van der Waals surface area contributed by atoms with Crippen molar-refractivity contribution < 1.29 is 87.2 Å². The Morgan fingerprint density at radius 1 is 0.530 bits per heavy atom. The lowest BCUT2D eigenvalue weighted by Gasteiger charge is -2.34. The van der Waals surface area contributed by atoms with Crippen LogP contribution in [0.4, 0.5) is 0 Å². The Kier molecular flexibility index (Phi) is 33.0. The lowest BCUT2D eigenvalue weighted by molar-refractivity contribution is -0.145. The van der Waals surface area contributed by atoms with E-state index in [1.807, 2.05) is 0 Å². The first-order chi connectivity index (χ1) is 47.0. The number of aliphatic carboxylic acids is 3. The molecule has 0 aliphatic carbocycles. The van der Waals surface area contributed by atoms with Gasteiger partial charge in [-0.05, 0) is 87.0 Å². The molecule has 2 aliphatic rings. The van der Waals surface area contributed by atoms with E-state index in [2.05, 4.69) is 63.1 Å². The van der Waals surface area contributed by atoms with Crippen molar-refractivity contribution in [3.63, 3.8) is 0 Å². The maximum atomic E-state index is 14.7. The van der Waals surface area contributed by atoms with Gasteiger partial charge in [-0.1, -0.05) is 106 Å². The second-order valence-electron chi connectivity index (χ2n) is 27.2. The summed E-state index contributed by atoms with van der Waals surface area (Å²) in [5.74, 6) is -15.6. The molecule has 33 heteroatoms. The number of benzene rings is 1. The molecule has 1 aromatic carbocycles. The predicted molar refractivity (Wildman–Crippen MR) is 361 cm³/mol. The topological polar surface area (TPSA) is 498 Å². The lowest BCUT2D eigenvalue weighted by Crippen LogP contribution is -2.61. The number of H-pyrrole nitrogens is 1. The summed E-state index contributed by atoms with van der Waals surface area (Å²) in [6.07, 6.45) is 1.99. The van der Waals surface area contributed by atoms with Crippen molar-refractivity contribution in [1.29, 1.82) is 0 Å². The van der Waals surface area contributed by atoms with Gasteiger partial charge in [-0.3, -0.25) is 71.9 Å². The highest BCUT2D eigenvalue weighted by molar-refractivity contribution is 6.00. The number of aromatic nitrogens is 2. The van der Waals surface area contributed by atoms with Gasteiger partial charge in [-0.2, -0.15) is 0 Å². The van der Waals surface area contributed by atoms with Crippen molar-refractivity contribution in [2.24, 2.45) is 35.3 Å². The molecule has 13 atom stereocenters. The van der Waals surface area contributed by atoms with E-state index in [4.69, 9.17) is 10.8 Å². The van der Waals surface area contributed by atoms with Crippen molar-refractivity contribution in [3.8, 4) is 0 Å². The Balaban J connectivity index is 1.52. The molecule has 2 aromatic rings. The van der Waals surface area contributed by atoms with Crippen LogP contribution in [0.5, 0.6) is 0 Å². The van der Waals surface area contributed by atoms with Crippen LogP contribution in [0.25, 0.3) is 0 Å². The molecule has 2 aliphatic heterocycles. The Labute approximate surface area is 581 Å². The van der Waals surface area contributed by atoms with E-state index in [9.17, 15) is 82.1 Å². The second-order valence-corrected chi connectivity index (χ2v) is 27.2. The first-order valence-corrected chi connectivity index (χ1v) is 34.1. The number of imidazole rings is 1. The third kappa shape index (κ3) is 25.9. The van der Waals surface area contributed by atoms with Crippen LogP contribution < -0.4 is 58.9 Å². The van der Waals surface area contributed by atoms with Crippen LogP contribution in [0.3, 0.4) is 0 Å². The fourth-order valence-corrected chi connectivity index (χ4v) is 11.6. The number of carboxylic acids is 3. The van der Waals surface area contributed by atoms with Gasteiger partial charge in [-0.25, -0.2) is 4.98 Å². The zero-order valence-electron chi connectivity index (χ0n) is 58.8. The zero-order chi connectivity index (χ0) is 74.8. The predicted octanol–water partition coefficient (Wildman–Crippen LogP) is -1.12. The Morgan fingerprint density at radius 2 is 1.03 bits per heavy atom. The van der Waals surface area contributed by atoms with Crippen LogP contribution in [0.1, 0.15) is 152 Å². The minimum atomic E-state index is -1.57. The lowest BCUT2D eigenvalue weighted by atomic mass is 9.96. The van der Waals surface area contributed by atoms with Gasteiger partial charge in [0.1, 0.15) is 73.0 Å². The standard InChI is InChI=1S/C67H103N15O18/c1-12-38(10)55(80-63(96)49-21-17-25-82(49)67(100)54(37(8)9)79-64(97)53(36(6)7)78-57(90)42(68)30-51(85)86)65(98)73-43(22-23-50(83)84)66(99)81-24-16-20-48(81)62(95)77-47(29-41-31-69-33-71-41)59(92)72-39(11)56(89)74-45(27-35(4)5)60(93)76-46(28-40-18-14-13-15-19-40)61(94)75-44(26-34(2)3)58(91)70-32-52(87)88/h13-15,18-19,31,33-39,42-49,53-55H,12,16-17,20-30,32,68H2,1-11H3,(H,69,71)(H,70,91)(H,72,92)(H,73,98)(H,74,89)(H,75,94)(H,76,93)(H,77,95)(H,78,90)(H,79,97)(H,80,96)(H,83,84)(H,85,86)(H,87,88)/t38-,39-,42-,43-,44-,45-,46-,47-,48-,49-,53-,54-,55-/m0/s1. The number of amides is 12. The number of carbonyl (C=O) groups excluding carboxylic acids is 12. The molecule has 0 radical (unpaired) electrons. The first-order valence-electron chi connectivity index (χ1n) is 34.1. The van der Waals surface area contributed by atoms with Crippen molar-refractivity contribution in [3.05, 3.63) is 54.1 Å². The van der Waals surface area contributed by atoms with Crippen molar-refractivity contribution >= 4 is 88.8 Å². The minimum Gasteiger partial charge on any atom is -0.481 e. The van der Waals surface area contributed by atoms with Crippen molar-refractivity contribution in [1.82, 2.24) is 72.9 Å². The van der Waals surface area contributed by atoms with E-state index in [-0.39, 0.29) is 69.9 Å². The van der Waals surface area contributed by atoms with Crippen LogP contribution in [0, 0.1) is 29.6 Å². The monoisotopic (exact) mass is 1410 g/mol. The summed E-state index contributed by atoms with van der Waals surface area (Å²) >= 11 is 0. The van der Waals surface area contributed by atoms with Gasteiger partial charge < -0.3 is 89.0 Å². The maximum absolute atomic E-state index is 14.7. The maximum Gasteiger partial charge on any atom is 0.322 e. The molecule has 0 unspecified atom stereocenters. The zero-order valence-corrected chi connectivity index (χ0v) is 58.8. The highest BCUT2D eigenvalue weighted by atomic mass is 16.4. The van der Waals surface area contributed by atoms with Crippen LogP contribution >= 0.6 is 0 Å². The van der Waals surface area contributed by atoms with Gasteiger partial charge in [0.05, 0.1) is 18.8 Å². The second kappa shape index (κ2) is 39.9. The highest BCUT2D eigenvalue weighted by Crippen LogP contribution is 2.24. The van der Waals surface area contributed by atoms with Gasteiger partial charge in [-0.15, -0.1) is 0 Å². The normalized spacial score (nSPS) is 17.7. The summed E-state index contributed by atoms with van der Waals surface area (Å²) in [6, 6.07) is -7.20. The third-order valence-corrected chi connectivity index (χ3v) is 17.3. The SMILES string of the molecule is CC[C@H](C)[C@H](NC(=O)[C@@H]1CCCN1C(=O)[C@@H](NC(=O)[C@@H](NC(=O)[C@@H](N)CC(=O)O)C(C)C)C(C)C)C(=O)N[C@@H](CCC(=O)O)C(=O)N1CCC[C@H]1C(=O)N[C@@H](Cc1cnc[nH]1)C(=O)N[C@@H](C)C(=O)N[C@@H](CC(C)C)C(=O)N[C@@H](Cc1ccccc1)C(=O)N[C@@H](CC(C)C)C(=O)NCC(=O)O. The largest absolute Gasteiger partial charge is 0.481 e. The fourth-order valence-electron chi connectivity index (χ4n) is 11.6. The molecule has 2 saturated heterocycles. The molecule has 3 heterocycles. The van der Waals surface area contributed by atoms with Crippen LogP contribution in [0.2, 0.25) is 0 Å². The summed E-state index contributed by atoms with van der Waals surface area (Å²) in [7, 11) is 0. The summed E-state index contributed by atoms with van der Waals surface area (Å²) < 4.78 is 0. The average molecular weight is 1410 g/mol. The molecule has 0 saturated carbocycles. The van der Waals surface area contributed by atoms with Gasteiger partial charge >= 0.3 is 17.9 Å². The molecule has 4 rings (SSSR count). The van der Waals surface area contributed by atoms with E-state index >= 15 is 0 Å². The quantitative estimate of drug-likeness (QED) is 0.0376. The Morgan fingerprint density at radius 3 is 1.56 bits per heavy atom. The van der Waals surface area contributed by atoms with Crippen LogP contribution in [0.15, 0.2) is 42.9 Å². The smallest absolute Gasteiger partial charge is 0.322 e. The van der Waals surface area contributed by atoms with Crippen LogP contribution in [-0.2, 0) is 84.8 Å². The number of aromatic amines is 1. The molecular formula is C67H103N15O18. The number of hydrogen-bond donors (Lipinski definition) is 15. The van der Waals surface area contributed by atoms with Gasteiger partial charge in [0.25, 0.3) is 0 Å². The molecule has 0 spiro atoms. The Hall–Kier alpha value is -9.56. The molecule has 100 heavy (non-hydrogen) atoms. The Bertz CT molecular complexity index is 3180. The number of nitrogens with one attached hydrogen (secondary N) is 11. The van der Waals surface area contributed by atoms with E-state index < -0.39 is 205 Å². The van der Waals surface area contributed by atoms with Gasteiger partial charge in [0.2, 0.25) is 70.9 Å². The molecule has 1 aromatic heterocycles. The molecule has 554 valence electrons. The molecule has 0 bridgehead atoms. The number of nitrogens with two attached hydrogens (primary N) is 1.